The fourth-order valence-electron chi connectivity index (χ4n) is 5.90. The predicted octanol–water partition coefficient (Wildman–Crippen LogP) is 9.56. The molecule has 1 atom stereocenters. The Balaban J connectivity index is 4.25. The second kappa shape index (κ2) is 32.0. The number of hydrogen-bond acceptors (Lipinski definition) is 4. The Kier molecular flexibility index (Phi) is 31.3. The number of carbonyl (C=O) groups is 2. The van der Waals surface area contributed by atoms with Crippen molar-refractivity contribution in [3.8, 4) is 0 Å². The topological polar surface area (TPSA) is 77.8 Å². The Morgan fingerprint density at radius 3 is 1.15 bits per heavy atom. The van der Waals surface area contributed by atoms with E-state index in [4.69, 9.17) is 0 Å². The summed E-state index contributed by atoms with van der Waals surface area (Å²) >= 11 is 0. The smallest absolute Gasteiger partial charge is 0.233 e. The van der Waals surface area contributed by atoms with E-state index in [-0.39, 0.29) is 38.0 Å². The first-order chi connectivity index (χ1) is 20.1. The third-order valence-electron chi connectivity index (χ3n) is 8.61. The van der Waals surface area contributed by atoms with E-state index in [1.54, 1.807) is 0 Å². The largest absolute Gasteiger partial charge is 0.395 e. The Morgan fingerprint density at radius 1 is 0.488 bits per heavy atom. The molecular weight excluding hydrogens is 510 g/mol. The number of hydrogen-bond donors (Lipinski definition) is 2. The van der Waals surface area contributed by atoms with Crippen LogP contribution < -0.4 is 0 Å². The third-order valence-corrected chi connectivity index (χ3v) is 8.61. The van der Waals surface area contributed by atoms with Crippen LogP contribution in [-0.2, 0) is 9.59 Å². The Bertz CT molecular complexity index is 562. The van der Waals surface area contributed by atoms with Crippen LogP contribution in [0.5, 0.6) is 0 Å². The number of unbranched alkanes of at least 4 members (excludes halogenated alkanes) is 23. The molecule has 1 amide bonds. The Labute approximate surface area is 255 Å². The molecule has 0 aromatic carbocycles. The first kappa shape index (κ1) is 40.1. The number of ketones is 1. The molecular formula is C36H71NO4. The lowest BCUT2D eigenvalue weighted by atomic mass is 9.91. The summed E-state index contributed by atoms with van der Waals surface area (Å²) in [5.74, 6) is -0.758. The summed E-state index contributed by atoms with van der Waals surface area (Å²) in [6.07, 6.45) is 32.7. The lowest BCUT2D eigenvalue weighted by molar-refractivity contribution is -0.142. The molecule has 0 saturated carbocycles. The van der Waals surface area contributed by atoms with E-state index < -0.39 is 5.92 Å². The van der Waals surface area contributed by atoms with Gasteiger partial charge >= 0.3 is 0 Å². The minimum absolute atomic E-state index is 0.0574. The van der Waals surface area contributed by atoms with Gasteiger partial charge in [0.25, 0.3) is 0 Å². The van der Waals surface area contributed by atoms with E-state index >= 15 is 0 Å². The van der Waals surface area contributed by atoms with E-state index in [2.05, 4.69) is 13.8 Å². The van der Waals surface area contributed by atoms with Gasteiger partial charge in [-0.25, -0.2) is 0 Å². The van der Waals surface area contributed by atoms with Gasteiger partial charge in [0.15, 0.2) is 0 Å². The van der Waals surface area contributed by atoms with Crippen LogP contribution in [0.15, 0.2) is 0 Å². The summed E-state index contributed by atoms with van der Waals surface area (Å²) in [4.78, 5) is 27.9. The number of aliphatic hydroxyl groups excluding tert-OH is 2. The molecule has 0 aliphatic carbocycles. The maximum Gasteiger partial charge on any atom is 0.233 e. The molecule has 0 fully saturated rings. The van der Waals surface area contributed by atoms with Crippen LogP contribution in [0, 0.1) is 5.92 Å². The normalized spacial score (nSPS) is 12.1. The maximum absolute atomic E-state index is 13.2. The van der Waals surface area contributed by atoms with E-state index in [1.165, 1.54) is 140 Å². The molecule has 2 N–H and O–H groups in total. The molecule has 0 spiro atoms. The summed E-state index contributed by atoms with van der Waals surface area (Å²) in [5, 5.41) is 18.8. The molecule has 0 saturated heterocycles. The van der Waals surface area contributed by atoms with Crippen LogP contribution in [0.4, 0.5) is 0 Å². The molecule has 41 heavy (non-hydrogen) atoms. The van der Waals surface area contributed by atoms with E-state index in [0.717, 1.165) is 25.7 Å². The van der Waals surface area contributed by atoms with Gasteiger partial charge in [0.1, 0.15) is 5.78 Å². The average molecular weight is 582 g/mol. The molecule has 244 valence electrons. The Morgan fingerprint density at radius 2 is 0.805 bits per heavy atom. The molecule has 0 rings (SSSR count). The van der Waals surface area contributed by atoms with Crippen LogP contribution >= 0.6 is 0 Å². The Hall–Kier alpha value is -0.940. The van der Waals surface area contributed by atoms with Crippen molar-refractivity contribution in [3.63, 3.8) is 0 Å². The molecule has 0 aliphatic heterocycles. The standard InChI is InChI=1S/C36H71NO4/c1-3-5-7-9-11-13-15-17-19-21-23-25-27-29-35(40)34(36(41)37(30-32-38)31-33-39)28-26-24-22-20-18-16-14-12-10-8-6-4-2/h34,38-39H,3-33H2,1-2H3. The van der Waals surface area contributed by atoms with E-state index in [0.29, 0.717) is 12.8 Å². The van der Waals surface area contributed by atoms with Gasteiger partial charge in [-0.1, -0.05) is 168 Å². The molecule has 0 aromatic rings. The van der Waals surface area contributed by atoms with Crippen molar-refractivity contribution in [2.24, 2.45) is 5.92 Å². The first-order valence-corrected chi connectivity index (χ1v) is 18.2. The van der Waals surface area contributed by atoms with E-state index in [1.807, 2.05) is 0 Å². The summed E-state index contributed by atoms with van der Waals surface area (Å²) in [7, 11) is 0. The monoisotopic (exact) mass is 582 g/mol. The molecule has 0 heterocycles. The summed E-state index contributed by atoms with van der Waals surface area (Å²) in [5.41, 5.74) is 0. The third kappa shape index (κ3) is 25.3. The highest BCUT2D eigenvalue weighted by Crippen LogP contribution is 2.20. The van der Waals surface area contributed by atoms with Gasteiger partial charge in [-0.3, -0.25) is 9.59 Å². The average Bonchev–Trinajstić information content (AvgIpc) is 2.97. The number of amides is 1. The number of nitrogens with zero attached hydrogens (tertiary/aromatic N) is 1. The van der Waals surface area contributed by atoms with Gasteiger partial charge in [-0.15, -0.1) is 0 Å². The van der Waals surface area contributed by atoms with Crippen LogP contribution in [0.1, 0.15) is 187 Å². The first-order valence-electron chi connectivity index (χ1n) is 18.2. The maximum atomic E-state index is 13.2. The van der Waals surface area contributed by atoms with Crippen molar-refractivity contribution in [3.05, 3.63) is 0 Å². The highest BCUT2D eigenvalue weighted by atomic mass is 16.3. The SMILES string of the molecule is CCCCCCCCCCCCCCCC(=O)C(CCCCCCCCCCCCCC)C(=O)N(CCO)CCO. The van der Waals surface area contributed by atoms with Gasteiger partial charge in [-0.2, -0.15) is 0 Å². The second-order valence-corrected chi connectivity index (χ2v) is 12.5. The molecule has 0 aliphatic rings. The molecule has 5 heteroatoms. The van der Waals surface area contributed by atoms with Gasteiger partial charge in [-0.05, 0) is 12.8 Å². The van der Waals surface area contributed by atoms with Crippen LogP contribution in [0.25, 0.3) is 0 Å². The fraction of sp³-hybridized carbons (Fsp3) is 0.944. The number of aliphatic hydroxyl groups is 2. The van der Waals surface area contributed by atoms with Gasteiger partial charge in [0, 0.05) is 19.5 Å². The van der Waals surface area contributed by atoms with Crippen molar-refractivity contribution in [2.75, 3.05) is 26.3 Å². The van der Waals surface area contributed by atoms with Crippen molar-refractivity contribution < 1.29 is 19.8 Å². The zero-order valence-corrected chi connectivity index (χ0v) is 27.7. The predicted molar refractivity (Wildman–Crippen MR) is 175 cm³/mol. The molecule has 0 aromatic heterocycles. The number of Topliss-reactive ketones (excluding diaryl/α,β-unsaturated/α-hetero) is 1. The molecule has 1 unspecified atom stereocenters. The van der Waals surface area contributed by atoms with Crippen LogP contribution in [0.3, 0.4) is 0 Å². The summed E-state index contributed by atoms with van der Waals surface area (Å²) < 4.78 is 0. The second-order valence-electron chi connectivity index (χ2n) is 12.5. The minimum atomic E-state index is -0.617. The molecule has 0 radical (unpaired) electrons. The van der Waals surface area contributed by atoms with Gasteiger partial charge in [0.2, 0.25) is 5.91 Å². The van der Waals surface area contributed by atoms with Crippen LogP contribution in [0.2, 0.25) is 0 Å². The highest BCUT2D eigenvalue weighted by Gasteiger charge is 2.29. The van der Waals surface area contributed by atoms with Gasteiger partial charge in [0.05, 0.1) is 19.1 Å². The van der Waals surface area contributed by atoms with Crippen molar-refractivity contribution in [2.45, 2.75) is 187 Å². The number of carbonyl (C=O) groups excluding carboxylic acids is 2. The fourth-order valence-corrected chi connectivity index (χ4v) is 5.90. The lowest BCUT2D eigenvalue weighted by Gasteiger charge is -2.26. The zero-order valence-electron chi connectivity index (χ0n) is 27.7. The molecule has 5 nitrogen and oxygen atoms in total. The van der Waals surface area contributed by atoms with Crippen molar-refractivity contribution in [1.82, 2.24) is 4.90 Å². The zero-order chi connectivity index (χ0) is 30.2. The molecule has 0 bridgehead atoms. The van der Waals surface area contributed by atoms with Crippen molar-refractivity contribution in [1.29, 1.82) is 0 Å². The van der Waals surface area contributed by atoms with E-state index in [9.17, 15) is 19.8 Å². The summed E-state index contributed by atoms with van der Waals surface area (Å²) in [6.45, 7) is 4.59. The minimum Gasteiger partial charge on any atom is -0.395 e. The van der Waals surface area contributed by atoms with Crippen LogP contribution in [-0.4, -0.2) is 53.1 Å². The highest BCUT2D eigenvalue weighted by molar-refractivity contribution is 6.01. The van der Waals surface area contributed by atoms with Gasteiger partial charge < -0.3 is 15.1 Å². The summed E-state index contributed by atoms with van der Waals surface area (Å²) in [6, 6.07) is 0. The number of rotatable bonds is 33. The van der Waals surface area contributed by atoms with Crippen molar-refractivity contribution >= 4 is 11.7 Å². The lowest BCUT2D eigenvalue weighted by Crippen LogP contribution is -2.42. The quantitative estimate of drug-likeness (QED) is 0.0597.